The Bertz CT molecular complexity index is 610. The van der Waals surface area contributed by atoms with Crippen molar-refractivity contribution in [2.24, 2.45) is 0 Å². The van der Waals surface area contributed by atoms with E-state index in [-0.39, 0.29) is 12.2 Å². The Hall–Kier alpha value is -1.82. The maximum Gasteiger partial charge on any atom is 0.347 e. The van der Waals surface area contributed by atoms with Gasteiger partial charge in [0.2, 0.25) is 0 Å². The van der Waals surface area contributed by atoms with Crippen molar-refractivity contribution in [3.63, 3.8) is 0 Å². The number of allylic oxidation sites excluding steroid dienone is 1. The van der Waals surface area contributed by atoms with Gasteiger partial charge in [0.25, 0.3) is 0 Å². The first-order valence-corrected chi connectivity index (χ1v) is 6.94. The van der Waals surface area contributed by atoms with Gasteiger partial charge in [-0.15, -0.1) is 0 Å². The summed E-state index contributed by atoms with van der Waals surface area (Å²) in [5.74, 6) is -0.897. The molecule has 2 rings (SSSR count). The molecule has 0 amide bonds. The minimum atomic E-state index is -3.65. The second-order valence-electron chi connectivity index (χ2n) is 3.91. The van der Waals surface area contributed by atoms with E-state index < -0.39 is 20.7 Å². The van der Waals surface area contributed by atoms with Crippen LogP contribution in [0.2, 0.25) is 0 Å². The molecule has 0 spiro atoms. The van der Waals surface area contributed by atoms with Crippen LogP contribution >= 0.6 is 0 Å². The molecular formula is C12H12O5S. The highest BCUT2D eigenvalue weighted by molar-refractivity contribution is 7.96. The van der Waals surface area contributed by atoms with E-state index in [0.717, 1.165) is 0 Å². The number of carboxylic acid groups (broad SMARTS) is 1. The molecule has 1 aliphatic heterocycles. The normalized spacial score (nSPS) is 17.8. The average Bonchev–Trinajstić information content (AvgIpc) is 2.65. The number of hydrogen-bond acceptors (Lipinski definition) is 4. The largest absolute Gasteiger partial charge is 0.497 e. The molecular weight excluding hydrogens is 256 g/mol. The molecule has 1 aromatic rings. The van der Waals surface area contributed by atoms with E-state index in [0.29, 0.717) is 16.9 Å². The molecule has 0 fully saturated rings. The molecule has 1 aliphatic rings. The number of ether oxygens (including phenoxy) is 1. The second-order valence-corrected chi connectivity index (χ2v) is 5.96. The van der Waals surface area contributed by atoms with Crippen molar-refractivity contribution in [2.75, 3.05) is 12.9 Å². The summed E-state index contributed by atoms with van der Waals surface area (Å²) in [6, 6.07) is 6.68. The van der Waals surface area contributed by atoms with E-state index in [9.17, 15) is 13.2 Å². The lowest BCUT2D eigenvalue weighted by atomic mass is 10.0. The van der Waals surface area contributed by atoms with Gasteiger partial charge < -0.3 is 9.84 Å². The van der Waals surface area contributed by atoms with Gasteiger partial charge in [-0.2, -0.15) is 0 Å². The van der Waals surface area contributed by atoms with E-state index in [1.165, 1.54) is 7.11 Å². The minimum Gasteiger partial charge on any atom is -0.497 e. The predicted molar refractivity (Wildman–Crippen MR) is 66.0 cm³/mol. The van der Waals surface area contributed by atoms with Crippen LogP contribution in [0.25, 0.3) is 5.57 Å². The number of benzene rings is 1. The zero-order valence-electron chi connectivity index (χ0n) is 9.71. The van der Waals surface area contributed by atoms with Gasteiger partial charge in [-0.3, -0.25) is 0 Å². The number of carboxylic acids is 1. The smallest absolute Gasteiger partial charge is 0.347 e. The number of sulfone groups is 1. The highest BCUT2D eigenvalue weighted by Crippen LogP contribution is 2.34. The molecule has 96 valence electrons. The van der Waals surface area contributed by atoms with Crippen LogP contribution in [-0.2, 0) is 14.6 Å². The molecule has 0 saturated heterocycles. The van der Waals surface area contributed by atoms with Gasteiger partial charge >= 0.3 is 5.97 Å². The van der Waals surface area contributed by atoms with Crippen LogP contribution in [0.4, 0.5) is 0 Å². The summed E-state index contributed by atoms with van der Waals surface area (Å²) < 4.78 is 28.3. The van der Waals surface area contributed by atoms with Crippen LogP contribution in [-0.4, -0.2) is 32.4 Å². The first-order chi connectivity index (χ1) is 8.45. The van der Waals surface area contributed by atoms with Crippen LogP contribution in [0.3, 0.4) is 0 Å². The second kappa shape index (κ2) is 4.45. The zero-order chi connectivity index (χ0) is 13.3. The standard InChI is InChI=1S/C12H12O5S/c1-17-9-4-2-8(3-5-9)10-6-7-18(15,16)11(10)12(13)14/h2-5H,6-7H2,1H3,(H,13,14). The molecule has 6 heteroatoms. The SMILES string of the molecule is COc1ccc(C2=C(C(=O)O)S(=O)(=O)CC2)cc1. The van der Waals surface area contributed by atoms with E-state index in [1.807, 2.05) is 0 Å². The Balaban J connectivity index is 2.54. The molecule has 0 unspecified atom stereocenters. The van der Waals surface area contributed by atoms with Gasteiger partial charge in [-0.25, -0.2) is 13.2 Å². The molecule has 0 aromatic heterocycles. The maximum atomic E-state index is 11.6. The van der Waals surface area contributed by atoms with Crippen molar-refractivity contribution in [2.45, 2.75) is 6.42 Å². The van der Waals surface area contributed by atoms with Gasteiger partial charge in [0.15, 0.2) is 14.7 Å². The maximum absolute atomic E-state index is 11.6. The average molecular weight is 268 g/mol. The summed E-state index contributed by atoms with van der Waals surface area (Å²) in [4.78, 5) is 10.6. The predicted octanol–water partition coefficient (Wildman–Crippen LogP) is 1.31. The first kappa shape index (κ1) is 12.6. The lowest BCUT2D eigenvalue weighted by Crippen LogP contribution is -2.11. The Kier molecular flexibility index (Phi) is 3.13. The zero-order valence-corrected chi connectivity index (χ0v) is 10.5. The van der Waals surface area contributed by atoms with Crippen LogP contribution < -0.4 is 4.74 Å². The van der Waals surface area contributed by atoms with Crippen LogP contribution in [0.5, 0.6) is 5.75 Å². The number of aliphatic carboxylic acids is 1. The van der Waals surface area contributed by atoms with Gasteiger partial charge in [-0.1, -0.05) is 12.1 Å². The Labute approximate surface area is 105 Å². The van der Waals surface area contributed by atoms with Crippen molar-refractivity contribution in [3.05, 3.63) is 34.7 Å². The molecule has 0 aliphatic carbocycles. The van der Waals surface area contributed by atoms with Crippen LogP contribution in [0.15, 0.2) is 29.2 Å². The summed E-state index contributed by atoms with van der Waals surface area (Å²) in [7, 11) is -2.13. The Morgan fingerprint density at radius 1 is 1.28 bits per heavy atom. The monoisotopic (exact) mass is 268 g/mol. The third kappa shape index (κ3) is 2.11. The van der Waals surface area contributed by atoms with E-state index in [4.69, 9.17) is 9.84 Å². The summed E-state index contributed by atoms with van der Waals surface area (Å²) in [6.45, 7) is 0. The summed E-state index contributed by atoms with van der Waals surface area (Å²) in [6.07, 6.45) is 0.232. The van der Waals surface area contributed by atoms with Crippen molar-refractivity contribution >= 4 is 21.4 Å². The Morgan fingerprint density at radius 3 is 2.39 bits per heavy atom. The van der Waals surface area contributed by atoms with Crippen LogP contribution in [0.1, 0.15) is 12.0 Å². The molecule has 0 atom stereocenters. The minimum absolute atomic E-state index is 0.143. The fourth-order valence-electron chi connectivity index (χ4n) is 1.97. The number of rotatable bonds is 3. The molecule has 18 heavy (non-hydrogen) atoms. The first-order valence-electron chi connectivity index (χ1n) is 5.29. The van der Waals surface area contributed by atoms with Gasteiger partial charge in [-0.05, 0) is 29.7 Å². The quantitative estimate of drug-likeness (QED) is 0.894. The fraction of sp³-hybridized carbons (Fsp3) is 0.250. The molecule has 0 saturated carbocycles. The highest BCUT2D eigenvalue weighted by atomic mass is 32.2. The number of hydrogen-bond donors (Lipinski definition) is 1. The third-order valence-corrected chi connectivity index (χ3v) is 4.62. The summed E-state index contributed by atoms with van der Waals surface area (Å²) >= 11 is 0. The van der Waals surface area contributed by atoms with E-state index in [2.05, 4.69) is 0 Å². The summed E-state index contributed by atoms with van der Waals surface area (Å²) in [5, 5.41) is 9.02. The molecule has 5 nitrogen and oxygen atoms in total. The van der Waals surface area contributed by atoms with Crippen molar-refractivity contribution in [1.29, 1.82) is 0 Å². The highest BCUT2D eigenvalue weighted by Gasteiger charge is 2.35. The lowest BCUT2D eigenvalue weighted by Gasteiger charge is -2.05. The topological polar surface area (TPSA) is 80.7 Å². The van der Waals surface area contributed by atoms with Crippen LogP contribution in [0, 0.1) is 0 Å². The van der Waals surface area contributed by atoms with Gasteiger partial charge in [0, 0.05) is 0 Å². The molecule has 0 radical (unpaired) electrons. The van der Waals surface area contributed by atoms with Gasteiger partial charge in [0.05, 0.1) is 12.9 Å². The molecule has 1 heterocycles. The fourth-order valence-corrected chi connectivity index (χ4v) is 3.51. The van der Waals surface area contributed by atoms with Gasteiger partial charge in [0.1, 0.15) is 5.75 Å². The lowest BCUT2D eigenvalue weighted by molar-refractivity contribution is -0.131. The van der Waals surface area contributed by atoms with Crippen molar-refractivity contribution in [3.8, 4) is 5.75 Å². The third-order valence-electron chi connectivity index (χ3n) is 2.84. The van der Waals surface area contributed by atoms with Crippen molar-refractivity contribution < 1.29 is 23.1 Å². The molecule has 1 aromatic carbocycles. The Morgan fingerprint density at radius 2 is 1.89 bits per heavy atom. The van der Waals surface area contributed by atoms with Crippen molar-refractivity contribution in [1.82, 2.24) is 0 Å². The number of methoxy groups -OCH3 is 1. The molecule has 1 N–H and O–H groups in total. The number of carbonyl (C=O) groups is 1. The summed E-state index contributed by atoms with van der Waals surface area (Å²) in [5.41, 5.74) is 0.972. The van der Waals surface area contributed by atoms with E-state index in [1.54, 1.807) is 24.3 Å². The molecule has 0 bridgehead atoms. The van der Waals surface area contributed by atoms with E-state index >= 15 is 0 Å².